The highest BCUT2D eigenvalue weighted by Gasteiger charge is 2.29. The van der Waals surface area contributed by atoms with E-state index < -0.39 is 5.60 Å². The van der Waals surface area contributed by atoms with Gasteiger partial charge >= 0.3 is 6.09 Å². The van der Waals surface area contributed by atoms with Crippen LogP contribution in [0.2, 0.25) is 0 Å². The first-order chi connectivity index (χ1) is 10.3. The molecule has 0 aliphatic carbocycles. The third kappa shape index (κ3) is 4.02. The van der Waals surface area contributed by atoms with Gasteiger partial charge in [0.1, 0.15) is 5.60 Å². The number of piperidine rings is 1. The van der Waals surface area contributed by atoms with Crippen LogP contribution in [0, 0.1) is 0 Å². The predicted octanol–water partition coefficient (Wildman–Crippen LogP) is 2.79. The molecule has 6 nitrogen and oxygen atoms in total. The molecule has 0 aromatic carbocycles. The summed E-state index contributed by atoms with van der Waals surface area (Å²) in [6.45, 7) is 6.95. The summed E-state index contributed by atoms with van der Waals surface area (Å²) >= 11 is 0. The summed E-state index contributed by atoms with van der Waals surface area (Å²) in [5.74, 6) is 0.614. The van der Waals surface area contributed by atoms with Crippen molar-refractivity contribution in [1.82, 2.24) is 9.88 Å². The topological polar surface area (TPSA) is 77.7 Å². The van der Waals surface area contributed by atoms with Crippen LogP contribution in [0.5, 0.6) is 5.88 Å². The van der Waals surface area contributed by atoms with Gasteiger partial charge in [0.15, 0.2) is 0 Å². The number of aromatic nitrogens is 1. The van der Waals surface area contributed by atoms with Crippen LogP contribution in [-0.4, -0.2) is 41.8 Å². The molecular weight excluding hydrogens is 282 g/mol. The SMILES string of the molecule is COc1nc(C2CCCN(C(=O)OC(C)(C)C)C2)ccc1N. The number of amides is 1. The quantitative estimate of drug-likeness (QED) is 0.909. The van der Waals surface area contributed by atoms with Crippen molar-refractivity contribution in [3.63, 3.8) is 0 Å². The number of nitrogens with two attached hydrogens (primary N) is 1. The molecule has 1 atom stereocenters. The number of methoxy groups -OCH3 is 1. The molecule has 6 heteroatoms. The second kappa shape index (κ2) is 6.42. The minimum atomic E-state index is -0.479. The molecular formula is C16H25N3O3. The number of hydrogen-bond acceptors (Lipinski definition) is 5. The Bertz CT molecular complexity index is 540. The lowest BCUT2D eigenvalue weighted by molar-refractivity contribution is 0.0197. The highest BCUT2D eigenvalue weighted by atomic mass is 16.6. The predicted molar refractivity (Wildman–Crippen MR) is 85.0 cm³/mol. The van der Waals surface area contributed by atoms with Gasteiger partial charge in [0.05, 0.1) is 12.8 Å². The highest BCUT2D eigenvalue weighted by molar-refractivity contribution is 5.68. The monoisotopic (exact) mass is 307 g/mol. The summed E-state index contributed by atoms with van der Waals surface area (Å²) in [5.41, 5.74) is 6.74. The number of carbonyl (C=O) groups excluding carboxylic acids is 1. The third-order valence-electron chi connectivity index (χ3n) is 3.60. The summed E-state index contributed by atoms with van der Waals surface area (Å²) in [6.07, 6.45) is 1.65. The number of carbonyl (C=O) groups is 1. The number of likely N-dealkylation sites (tertiary alicyclic amines) is 1. The molecule has 1 aliphatic rings. The Balaban J connectivity index is 2.09. The average Bonchev–Trinajstić information content (AvgIpc) is 2.46. The lowest BCUT2D eigenvalue weighted by atomic mass is 9.94. The standard InChI is InChI=1S/C16H25N3O3/c1-16(2,3)22-15(20)19-9-5-6-11(10-19)13-8-7-12(17)14(18-13)21-4/h7-8,11H,5-6,9-10,17H2,1-4H3. The van der Waals surface area contributed by atoms with Gasteiger partial charge in [-0.3, -0.25) is 0 Å². The molecule has 0 radical (unpaired) electrons. The largest absolute Gasteiger partial charge is 0.480 e. The maximum absolute atomic E-state index is 12.2. The average molecular weight is 307 g/mol. The lowest BCUT2D eigenvalue weighted by Gasteiger charge is -2.34. The first kappa shape index (κ1) is 16.4. The van der Waals surface area contributed by atoms with Crippen LogP contribution >= 0.6 is 0 Å². The van der Waals surface area contributed by atoms with Crippen LogP contribution in [0.25, 0.3) is 0 Å². The van der Waals surface area contributed by atoms with Gasteiger partial charge in [0, 0.05) is 24.7 Å². The summed E-state index contributed by atoms with van der Waals surface area (Å²) in [4.78, 5) is 18.4. The van der Waals surface area contributed by atoms with E-state index in [1.54, 1.807) is 18.1 Å². The molecule has 2 N–H and O–H groups in total. The van der Waals surface area contributed by atoms with Crippen molar-refractivity contribution in [3.8, 4) is 5.88 Å². The Kier molecular flexibility index (Phi) is 4.78. The van der Waals surface area contributed by atoms with Crippen LogP contribution in [0.1, 0.15) is 45.2 Å². The summed E-state index contributed by atoms with van der Waals surface area (Å²) in [7, 11) is 1.55. The smallest absolute Gasteiger partial charge is 0.410 e. The van der Waals surface area contributed by atoms with Gasteiger partial charge in [-0.1, -0.05) is 0 Å². The second-order valence-corrected chi connectivity index (χ2v) is 6.60. The Hall–Kier alpha value is -1.98. The van der Waals surface area contributed by atoms with Crippen LogP contribution in [-0.2, 0) is 4.74 Å². The van der Waals surface area contributed by atoms with E-state index in [0.717, 1.165) is 25.1 Å². The number of hydrogen-bond donors (Lipinski definition) is 1. The van der Waals surface area contributed by atoms with Gasteiger partial charge in [-0.05, 0) is 45.7 Å². The fraction of sp³-hybridized carbons (Fsp3) is 0.625. The van der Waals surface area contributed by atoms with Gasteiger partial charge in [-0.15, -0.1) is 0 Å². The molecule has 1 fully saturated rings. The molecule has 0 saturated carbocycles. The Morgan fingerprint density at radius 2 is 2.14 bits per heavy atom. The fourth-order valence-corrected chi connectivity index (χ4v) is 2.57. The maximum atomic E-state index is 12.2. The molecule has 0 bridgehead atoms. The van der Waals surface area contributed by atoms with Crippen molar-refractivity contribution in [3.05, 3.63) is 17.8 Å². The summed E-state index contributed by atoms with van der Waals surface area (Å²) < 4.78 is 10.6. The van der Waals surface area contributed by atoms with Gasteiger partial charge < -0.3 is 20.1 Å². The molecule has 1 unspecified atom stereocenters. The van der Waals surface area contributed by atoms with Crippen LogP contribution in [0.3, 0.4) is 0 Å². The molecule has 1 amide bonds. The molecule has 1 aliphatic heterocycles. The number of anilines is 1. The minimum Gasteiger partial charge on any atom is -0.480 e. The zero-order chi connectivity index (χ0) is 16.3. The zero-order valence-corrected chi connectivity index (χ0v) is 13.8. The molecule has 1 aromatic rings. The van der Waals surface area contributed by atoms with Crippen LogP contribution < -0.4 is 10.5 Å². The second-order valence-electron chi connectivity index (χ2n) is 6.60. The van der Waals surface area contributed by atoms with E-state index in [4.69, 9.17) is 15.2 Å². The van der Waals surface area contributed by atoms with Crippen molar-refractivity contribution in [2.24, 2.45) is 0 Å². The Morgan fingerprint density at radius 3 is 2.77 bits per heavy atom. The summed E-state index contributed by atoms with van der Waals surface area (Å²) in [5, 5.41) is 0. The van der Waals surface area contributed by atoms with E-state index >= 15 is 0 Å². The van der Waals surface area contributed by atoms with Gasteiger partial charge in [-0.25, -0.2) is 9.78 Å². The van der Waals surface area contributed by atoms with Crippen molar-refractivity contribution in [1.29, 1.82) is 0 Å². The Morgan fingerprint density at radius 1 is 1.41 bits per heavy atom. The van der Waals surface area contributed by atoms with Gasteiger partial charge in [-0.2, -0.15) is 0 Å². The Labute approximate surface area is 131 Å². The van der Waals surface area contributed by atoms with Gasteiger partial charge in [0.2, 0.25) is 5.88 Å². The zero-order valence-electron chi connectivity index (χ0n) is 13.8. The van der Waals surface area contributed by atoms with Crippen molar-refractivity contribution in [2.45, 2.75) is 45.1 Å². The number of pyridine rings is 1. The molecule has 0 spiro atoms. The normalized spacial score (nSPS) is 18.9. The first-order valence-electron chi connectivity index (χ1n) is 7.58. The minimum absolute atomic E-state index is 0.177. The first-order valence-corrected chi connectivity index (χ1v) is 7.58. The van der Waals surface area contributed by atoms with Crippen molar-refractivity contribution >= 4 is 11.8 Å². The lowest BCUT2D eigenvalue weighted by Crippen LogP contribution is -2.42. The molecule has 1 aromatic heterocycles. The molecule has 2 heterocycles. The van der Waals surface area contributed by atoms with Crippen molar-refractivity contribution < 1.29 is 14.3 Å². The van der Waals surface area contributed by atoms with E-state index in [2.05, 4.69) is 4.98 Å². The van der Waals surface area contributed by atoms with E-state index in [1.165, 1.54) is 0 Å². The maximum Gasteiger partial charge on any atom is 0.410 e. The molecule has 122 valence electrons. The van der Waals surface area contributed by atoms with E-state index in [0.29, 0.717) is 18.1 Å². The number of rotatable bonds is 2. The number of nitrogens with zero attached hydrogens (tertiary/aromatic N) is 2. The highest BCUT2D eigenvalue weighted by Crippen LogP contribution is 2.29. The number of nitrogen functional groups attached to an aromatic ring is 1. The van der Waals surface area contributed by atoms with E-state index in [1.807, 2.05) is 26.8 Å². The molecule has 2 rings (SSSR count). The number of ether oxygens (including phenoxy) is 2. The van der Waals surface area contributed by atoms with E-state index in [-0.39, 0.29) is 12.0 Å². The van der Waals surface area contributed by atoms with Crippen LogP contribution in [0.4, 0.5) is 10.5 Å². The van der Waals surface area contributed by atoms with Crippen molar-refractivity contribution in [2.75, 3.05) is 25.9 Å². The third-order valence-corrected chi connectivity index (χ3v) is 3.60. The van der Waals surface area contributed by atoms with Crippen LogP contribution in [0.15, 0.2) is 12.1 Å². The molecule has 1 saturated heterocycles. The summed E-state index contributed by atoms with van der Waals surface area (Å²) in [6, 6.07) is 3.70. The van der Waals surface area contributed by atoms with E-state index in [9.17, 15) is 4.79 Å². The molecule has 22 heavy (non-hydrogen) atoms. The van der Waals surface area contributed by atoms with Gasteiger partial charge in [0.25, 0.3) is 0 Å². The fourth-order valence-electron chi connectivity index (χ4n) is 2.57.